The molecule has 0 spiro atoms. The molecule has 8 heteroatoms. The summed E-state index contributed by atoms with van der Waals surface area (Å²) in [5.74, 6) is 5.55. The van der Waals surface area contributed by atoms with Gasteiger partial charge in [0, 0.05) is 18.5 Å². The van der Waals surface area contributed by atoms with Crippen molar-refractivity contribution in [1.29, 1.82) is 0 Å². The summed E-state index contributed by atoms with van der Waals surface area (Å²) >= 11 is 0. The Morgan fingerprint density at radius 3 is 2.67 bits per heavy atom. The summed E-state index contributed by atoms with van der Waals surface area (Å²) in [7, 11) is 0. The van der Waals surface area contributed by atoms with Crippen LogP contribution >= 0.6 is 0 Å². The Kier molecular flexibility index (Phi) is 3.03. The van der Waals surface area contributed by atoms with Gasteiger partial charge in [-0.25, -0.2) is 10.8 Å². The second-order valence-electron chi connectivity index (χ2n) is 2.58. The minimum Gasteiger partial charge on any atom is -0.403 e. The summed E-state index contributed by atoms with van der Waals surface area (Å²) in [5, 5.41) is 11.5. The molecule has 0 bridgehead atoms. The second kappa shape index (κ2) is 4.24. The number of pyridine rings is 1. The fraction of sp³-hybridized carbons (Fsp3) is 0. The fourth-order valence-corrected chi connectivity index (χ4v) is 0.924. The molecule has 0 aliphatic heterocycles. The van der Waals surface area contributed by atoms with Crippen LogP contribution in [0.2, 0.25) is 0 Å². The van der Waals surface area contributed by atoms with E-state index in [9.17, 15) is 10.1 Å². The van der Waals surface area contributed by atoms with Crippen molar-refractivity contribution in [3.63, 3.8) is 0 Å². The van der Waals surface area contributed by atoms with Crippen LogP contribution in [-0.4, -0.2) is 9.91 Å². The van der Waals surface area contributed by atoms with Gasteiger partial charge in [-0.05, 0) is 6.07 Å². The van der Waals surface area contributed by atoms with Crippen molar-refractivity contribution in [3.05, 3.63) is 34.6 Å². The number of nitrogen functional groups attached to an aromatic ring is 1. The molecule has 1 aromatic rings. The topological polar surface area (TPSA) is 137 Å². The highest BCUT2D eigenvalue weighted by Crippen LogP contribution is 2.21. The minimum absolute atomic E-state index is 0.196. The monoisotopic (exact) mass is 210 g/mol. The molecule has 15 heavy (non-hydrogen) atoms. The maximum Gasteiger partial charge on any atom is 0.311 e. The minimum atomic E-state index is -0.619. The molecule has 0 saturated heterocycles. The Morgan fingerprint density at radius 2 is 2.20 bits per heavy atom. The molecule has 80 valence electrons. The first-order valence-electron chi connectivity index (χ1n) is 3.89. The lowest BCUT2D eigenvalue weighted by Crippen LogP contribution is -2.25. The molecule has 1 heterocycles. The lowest BCUT2D eigenvalue weighted by Gasteiger charge is -2.11. The van der Waals surface area contributed by atoms with Crippen LogP contribution in [0.25, 0.3) is 0 Å². The maximum atomic E-state index is 10.4. The Morgan fingerprint density at radius 1 is 1.53 bits per heavy atom. The van der Waals surface area contributed by atoms with E-state index in [1.165, 1.54) is 24.5 Å². The number of nitrogens with zero attached hydrogens (tertiary/aromatic N) is 3. The van der Waals surface area contributed by atoms with E-state index in [-0.39, 0.29) is 17.3 Å². The van der Waals surface area contributed by atoms with Crippen molar-refractivity contribution < 1.29 is 4.92 Å². The first kappa shape index (κ1) is 10.7. The number of aromatic nitrogens is 1. The molecule has 0 aliphatic carbocycles. The van der Waals surface area contributed by atoms with E-state index in [4.69, 9.17) is 17.3 Å². The number of hydrazine groups is 1. The van der Waals surface area contributed by atoms with Crippen molar-refractivity contribution in [2.75, 3.05) is 10.7 Å². The van der Waals surface area contributed by atoms with Crippen molar-refractivity contribution in [2.24, 2.45) is 11.6 Å². The predicted molar refractivity (Wildman–Crippen MR) is 55.3 cm³/mol. The zero-order valence-corrected chi connectivity index (χ0v) is 7.70. The summed E-state index contributed by atoms with van der Waals surface area (Å²) in [6.45, 7) is 0. The van der Waals surface area contributed by atoms with Crippen LogP contribution in [0.4, 0.5) is 17.3 Å². The van der Waals surface area contributed by atoms with E-state index in [2.05, 4.69) is 4.98 Å². The summed E-state index contributed by atoms with van der Waals surface area (Å²) in [4.78, 5) is 13.6. The molecule has 0 radical (unpaired) electrons. The van der Waals surface area contributed by atoms with Crippen LogP contribution < -0.4 is 22.3 Å². The molecule has 0 amide bonds. The van der Waals surface area contributed by atoms with E-state index >= 15 is 0 Å². The predicted octanol–water partition coefficient (Wildman–Crippen LogP) is -0.318. The number of hydrogen-bond donors (Lipinski definition) is 3. The number of anilines is 2. The molecule has 0 saturated carbocycles. The van der Waals surface area contributed by atoms with Gasteiger partial charge < -0.3 is 11.5 Å². The smallest absolute Gasteiger partial charge is 0.311 e. The van der Waals surface area contributed by atoms with Crippen LogP contribution in [0.5, 0.6) is 0 Å². The third-order valence-corrected chi connectivity index (χ3v) is 1.60. The van der Waals surface area contributed by atoms with Gasteiger partial charge in [0.25, 0.3) is 0 Å². The van der Waals surface area contributed by atoms with Crippen LogP contribution in [0, 0.1) is 10.1 Å². The van der Waals surface area contributed by atoms with Gasteiger partial charge in [0.2, 0.25) is 5.82 Å². The van der Waals surface area contributed by atoms with Crippen LogP contribution in [-0.2, 0) is 0 Å². The van der Waals surface area contributed by atoms with E-state index in [0.717, 1.165) is 5.01 Å². The summed E-state index contributed by atoms with van der Waals surface area (Å²) in [6, 6.07) is 2.59. The van der Waals surface area contributed by atoms with Gasteiger partial charge in [0.05, 0.1) is 4.92 Å². The highest BCUT2D eigenvalue weighted by molar-refractivity contribution is 5.58. The Balaban J connectivity index is 3.06. The van der Waals surface area contributed by atoms with E-state index < -0.39 is 4.92 Å². The summed E-state index contributed by atoms with van der Waals surface area (Å²) in [5.41, 5.74) is 10.2. The van der Waals surface area contributed by atoms with Gasteiger partial charge in [-0.15, -0.1) is 0 Å². The third-order valence-electron chi connectivity index (χ3n) is 1.60. The van der Waals surface area contributed by atoms with Gasteiger partial charge >= 0.3 is 5.69 Å². The first-order chi connectivity index (χ1) is 7.06. The van der Waals surface area contributed by atoms with Crippen LogP contribution in [0.15, 0.2) is 24.5 Å². The van der Waals surface area contributed by atoms with E-state index in [1.54, 1.807) is 0 Å². The van der Waals surface area contributed by atoms with Crippen molar-refractivity contribution in [1.82, 2.24) is 4.98 Å². The normalized spacial score (nSPS) is 10.5. The Hall–Kier alpha value is -2.35. The molecule has 0 aliphatic rings. The molecule has 0 unspecified atom stereocenters. The fourth-order valence-electron chi connectivity index (χ4n) is 0.924. The Bertz CT molecular complexity index is 404. The van der Waals surface area contributed by atoms with Crippen molar-refractivity contribution >= 4 is 17.3 Å². The first-order valence-corrected chi connectivity index (χ1v) is 3.89. The number of nitro groups is 1. The highest BCUT2D eigenvalue weighted by atomic mass is 16.6. The van der Waals surface area contributed by atoms with Crippen LogP contribution in [0.1, 0.15) is 0 Å². The second-order valence-corrected chi connectivity index (χ2v) is 2.58. The van der Waals surface area contributed by atoms with Gasteiger partial charge in [-0.3, -0.25) is 15.1 Å². The summed E-state index contributed by atoms with van der Waals surface area (Å²) < 4.78 is 0. The molecular formula is C7H10N6O2. The van der Waals surface area contributed by atoms with E-state index in [1.807, 2.05) is 0 Å². The lowest BCUT2D eigenvalue weighted by molar-refractivity contribution is -0.384. The lowest BCUT2D eigenvalue weighted by atomic mass is 10.4. The highest BCUT2D eigenvalue weighted by Gasteiger charge is 2.13. The summed E-state index contributed by atoms with van der Waals surface area (Å²) in [6.07, 6.45) is 2.55. The van der Waals surface area contributed by atoms with E-state index in [0.29, 0.717) is 0 Å². The van der Waals surface area contributed by atoms with Gasteiger partial charge in [-0.2, -0.15) is 0 Å². The van der Waals surface area contributed by atoms with Gasteiger partial charge in [-0.1, -0.05) is 0 Å². The third kappa shape index (κ3) is 2.31. The molecule has 0 aromatic carbocycles. The van der Waals surface area contributed by atoms with Crippen molar-refractivity contribution in [3.8, 4) is 0 Å². The van der Waals surface area contributed by atoms with Crippen molar-refractivity contribution in [2.45, 2.75) is 0 Å². The molecule has 1 rings (SSSR count). The standard InChI is InChI=1S/C7H10N6O2/c8-3-4-12(10)6-2-1-5(13(14)15)7(9)11-6/h1-4H,8,10H2,(H2,9,11)/b4-3-. The van der Waals surface area contributed by atoms with Crippen LogP contribution in [0.3, 0.4) is 0 Å². The molecule has 0 fully saturated rings. The largest absolute Gasteiger partial charge is 0.403 e. The zero-order chi connectivity index (χ0) is 11.4. The quantitative estimate of drug-likeness (QED) is 0.353. The Labute approximate surface area is 85.1 Å². The van der Waals surface area contributed by atoms with Gasteiger partial charge in [0.15, 0.2) is 0 Å². The molecule has 0 atom stereocenters. The number of nitrogens with two attached hydrogens (primary N) is 3. The molecule has 8 nitrogen and oxygen atoms in total. The zero-order valence-electron chi connectivity index (χ0n) is 7.70. The van der Waals surface area contributed by atoms with Gasteiger partial charge in [0.1, 0.15) is 5.82 Å². The number of rotatable bonds is 3. The molecule has 6 N–H and O–H groups in total. The number of hydrogen-bond acceptors (Lipinski definition) is 7. The maximum absolute atomic E-state index is 10.4. The SMILES string of the molecule is N/C=C\N(N)c1ccc([N+](=O)[O-])c(N)n1. The molecular weight excluding hydrogens is 200 g/mol. The average molecular weight is 210 g/mol. The molecule has 1 aromatic heterocycles. The average Bonchev–Trinajstić information content (AvgIpc) is 2.17.